The number of rotatable bonds is 6. The summed E-state index contributed by atoms with van der Waals surface area (Å²) >= 11 is 3.86. The molecule has 7 heteroatoms. The van der Waals surface area contributed by atoms with E-state index in [1.165, 1.54) is 53.8 Å². The van der Waals surface area contributed by atoms with E-state index in [9.17, 15) is 0 Å². The number of pyridine rings is 2. The average molecular weight is 806 g/mol. The van der Waals surface area contributed by atoms with Crippen molar-refractivity contribution in [3.05, 3.63) is 194 Å². The van der Waals surface area contributed by atoms with Crippen molar-refractivity contribution in [2.75, 3.05) is 0 Å². The van der Waals surface area contributed by atoms with Crippen LogP contribution in [-0.2, 0) is 0 Å². The maximum atomic E-state index is 5.69. The standard InChI is InChI=1S/C48H32N4P2Se/c55-54(36-19-14-30-49-32-36,52-43-24-11-8-20-37(43)38-21-9-12-25-44(38)52)46-27-13-26-45-47(46)50-48-40-29-28-35(31-41(40)39-22-7-10-23-42(39)51(45)48)53(33-15-3-1-4-16-33)34-17-5-2-6-18-34/h1-32H. The van der Waals surface area contributed by atoms with Crippen LogP contribution in [0.5, 0.6) is 0 Å². The first kappa shape index (κ1) is 32.7. The number of imidazole rings is 1. The summed E-state index contributed by atoms with van der Waals surface area (Å²) in [4.78, 5) is 10.4. The molecule has 260 valence electrons. The Labute approximate surface area is 326 Å². The van der Waals surface area contributed by atoms with Gasteiger partial charge >= 0.3 is 292 Å². The molecule has 4 nitrogen and oxygen atoms in total. The van der Waals surface area contributed by atoms with E-state index in [2.05, 4.69) is 211 Å². The number of hydrogen-bond donors (Lipinski definition) is 0. The second kappa shape index (κ2) is 13.0. The Balaban J connectivity index is 1.23. The monoisotopic (exact) mass is 806 g/mol. The summed E-state index contributed by atoms with van der Waals surface area (Å²) in [5.74, 6) is 0. The van der Waals surface area contributed by atoms with Gasteiger partial charge in [-0.25, -0.2) is 0 Å². The minimum absolute atomic E-state index is 0.770. The van der Waals surface area contributed by atoms with Gasteiger partial charge in [-0.15, -0.1) is 0 Å². The molecule has 0 amide bonds. The van der Waals surface area contributed by atoms with Crippen molar-refractivity contribution in [3.8, 4) is 0 Å². The molecule has 4 aromatic heterocycles. The molecule has 0 spiro atoms. The second-order valence-corrected chi connectivity index (χ2v) is 21.9. The SMILES string of the molecule is [Se]=P(c1cccnc1)(c1cccc2c1nc1c3ccc(P(c4ccccc4)c4ccccc4)cc3c3ccccc3n21)n1c2ccccc2c2ccccc21. The van der Waals surface area contributed by atoms with Gasteiger partial charge in [0.05, 0.1) is 0 Å². The molecule has 0 aliphatic carbocycles. The molecule has 0 fully saturated rings. The fraction of sp³-hybridized carbons (Fsp3) is 0. The van der Waals surface area contributed by atoms with Crippen molar-refractivity contribution in [1.82, 2.24) is 18.7 Å². The van der Waals surface area contributed by atoms with Crippen LogP contribution in [0, 0.1) is 0 Å². The molecule has 55 heavy (non-hydrogen) atoms. The van der Waals surface area contributed by atoms with E-state index >= 15 is 0 Å². The van der Waals surface area contributed by atoms with Crippen LogP contribution in [0.1, 0.15) is 0 Å². The summed E-state index contributed by atoms with van der Waals surface area (Å²) in [6.45, 7) is 0. The van der Waals surface area contributed by atoms with E-state index in [4.69, 9.17) is 4.98 Å². The van der Waals surface area contributed by atoms with Gasteiger partial charge in [0.2, 0.25) is 0 Å². The number of hydrogen-bond acceptors (Lipinski definition) is 2. The summed E-state index contributed by atoms with van der Waals surface area (Å²) < 4.78 is 4.94. The molecule has 0 bridgehead atoms. The summed E-state index contributed by atoms with van der Waals surface area (Å²) in [5, 5.41) is 12.4. The van der Waals surface area contributed by atoms with E-state index in [0.29, 0.717) is 0 Å². The molecular formula is C48H32N4P2Se. The summed E-state index contributed by atoms with van der Waals surface area (Å²) in [5.41, 5.74) is 4.06. The van der Waals surface area contributed by atoms with Crippen LogP contribution in [0.2, 0.25) is 0 Å². The van der Waals surface area contributed by atoms with Crippen molar-refractivity contribution in [3.63, 3.8) is 0 Å². The fourth-order valence-electron chi connectivity index (χ4n) is 8.44. The van der Waals surface area contributed by atoms with Gasteiger partial charge in [0.15, 0.2) is 0 Å². The third kappa shape index (κ3) is 4.98. The van der Waals surface area contributed by atoms with E-state index in [1.54, 1.807) is 0 Å². The van der Waals surface area contributed by atoms with Gasteiger partial charge in [-0.1, -0.05) is 36.4 Å². The van der Waals surface area contributed by atoms with Crippen LogP contribution in [0.3, 0.4) is 0 Å². The normalized spacial score (nSPS) is 13.1. The predicted molar refractivity (Wildman–Crippen MR) is 237 cm³/mol. The fourth-order valence-corrected chi connectivity index (χ4v) is 16.4. The Bertz CT molecular complexity index is 3210. The van der Waals surface area contributed by atoms with Crippen molar-refractivity contribution in [2.45, 2.75) is 0 Å². The second-order valence-electron chi connectivity index (χ2n) is 13.8. The molecule has 4 heterocycles. The van der Waals surface area contributed by atoms with Crippen LogP contribution in [0.15, 0.2) is 194 Å². The predicted octanol–water partition coefficient (Wildman–Crippen LogP) is 9.57. The Kier molecular flexibility index (Phi) is 7.73. The molecule has 0 aliphatic heterocycles. The Morgan fingerprint density at radius 3 is 1.69 bits per heavy atom. The van der Waals surface area contributed by atoms with E-state index in [-0.39, 0.29) is 0 Å². The zero-order chi connectivity index (χ0) is 36.5. The summed E-state index contributed by atoms with van der Waals surface area (Å²) in [6, 6.07) is 66.3. The molecule has 1 unspecified atom stereocenters. The van der Waals surface area contributed by atoms with Crippen molar-refractivity contribution < 1.29 is 0 Å². The third-order valence-corrected chi connectivity index (χ3v) is 19.8. The van der Waals surface area contributed by atoms with Gasteiger partial charge in [0.1, 0.15) is 0 Å². The van der Waals surface area contributed by atoms with Gasteiger partial charge < -0.3 is 0 Å². The third-order valence-electron chi connectivity index (χ3n) is 10.8. The molecule has 11 rings (SSSR count). The van der Waals surface area contributed by atoms with Crippen LogP contribution < -0.4 is 26.5 Å². The van der Waals surface area contributed by atoms with Crippen molar-refractivity contribution in [2.24, 2.45) is 0 Å². The van der Waals surface area contributed by atoms with Crippen molar-refractivity contribution in [1.29, 1.82) is 0 Å². The van der Waals surface area contributed by atoms with E-state index in [0.717, 1.165) is 32.9 Å². The molecule has 7 aromatic carbocycles. The molecule has 0 radical (unpaired) electrons. The Morgan fingerprint density at radius 1 is 0.473 bits per heavy atom. The zero-order valence-electron chi connectivity index (χ0n) is 29.6. The van der Waals surface area contributed by atoms with Gasteiger partial charge in [-0.2, -0.15) is 0 Å². The zero-order valence-corrected chi connectivity index (χ0v) is 33.1. The Morgan fingerprint density at radius 2 is 1.05 bits per heavy atom. The van der Waals surface area contributed by atoms with Crippen LogP contribution in [-0.4, -0.2) is 33.8 Å². The van der Waals surface area contributed by atoms with Crippen molar-refractivity contribution >= 4 is 115 Å². The van der Waals surface area contributed by atoms with Crippen LogP contribution in [0.25, 0.3) is 60.2 Å². The van der Waals surface area contributed by atoms with Crippen LogP contribution in [0.4, 0.5) is 0 Å². The number of para-hydroxylation sites is 4. The van der Waals surface area contributed by atoms with Gasteiger partial charge in [0, 0.05) is 0 Å². The molecule has 11 aromatic rings. The quantitative estimate of drug-likeness (QED) is 0.0954. The first-order valence-corrected chi connectivity index (χ1v) is 23.7. The van der Waals surface area contributed by atoms with Gasteiger partial charge in [-0.05, 0) is 0 Å². The summed E-state index contributed by atoms with van der Waals surface area (Å²) in [7, 11) is -0.770. The van der Waals surface area contributed by atoms with E-state index in [1.807, 2.05) is 12.4 Å². The molecule has 0 N–H and O–H groups in total. The van der Waals surface area contributed by atoms with Gasteiger partial charge in [-0.3, -0.25) is 0 Å². The van der Waals surface area contributed by atoms with Crippen LogP contribution >= 0.6 is 13.6 Å². The number of benzene rings is 7. The van der Waals surface area contributed by atoms with Gasteiger partial charge in [0.25, 0.3) is 0 Å². The topological polar surface area (TPSA) is 35.1 Å². The number of aromatic nitrogens is 4. The summed E-state index contributed by atoms with van der Waals surface area (Å²) in [6.07, 6.45) is 3.89. The average Bonchev–Trinajstić information content (AvgIpc) is 3.82. The first-order valence-electron chi connectivity index (χ1n) is 18.4. The molecule has 0 aliphatic rings. The number of fused-ring (bicyclic) bond motifs is 11. The first-order chi connectivity index (χ1) is 27.2. The molecule has 0 saturated heterocycles. The Hall–Kier alpha value is -5.66. The van der Waals surface area contributed by atoms with E-state index < -0.39 is 13.6 Å². The molecule has 1 atom stereocenters. The molecular weight excluding hydrogens is 773 g/mol. The number of nitrogens with zero attached hydrogens (tertiary/aromatic N) is 4. The molecule has 0 saturated carbocycles. The minimum atomic E-state index is -2.52. The maximum absolute atomic E-state index is 5.69.